The van der Waals surface area contributed by atoms with Crippen LogP contribution in [0.5, 0.6) is 0 Å². The van der Waals surface area contributed by atoms with E-state index in [1.165, 1.54) is 12.1 Å². The SMILES string of the molecule is CCN(CC)CCc1cc(F)ccc1N. The Kier molecular flexibility index (Phi) is 4.56. The molecule has 15 heavy (non-hydrogen) atoms. The smallest absolute Gasteiger partial charge is 0.123 e. The van der Waals surface area contributed by atoms with E-state index in [1.807, 2.05) is 0 Å². The molecule has 84 valence electrons. The number of rotatable bonds is 5. The van der Waals surface area contributed by atoms with Gasteiger partial charge in [0, 0.05) is 12.2 Å². The number of likely N-dealkylation sites (N-methyl/N-ethyl adjacent to an activating group) is 1. The van der Waals surface area contributed by atoms with Gasteiger partial charge >= 0.3 is 0 Å². The van der Waals surface area contributed by atoms with Gasteiger partial charge in [0.1, 0.15) is 5.82 Å². The second-order valence-corrected chi connectivity index (χ2v) is 3.62. The van der Waals surface area contributed by atoms with Gasteiger partial charge in [-0.25, -0.2) is 4.39 Å². The zero-order chi connectivity index (χ0) is 11.3. The van der Waals surface area contributed by atoms with Gasteiger partial charge in [0.25, 0.3) is 0 Å². The van der Waals surface area contributed by atoms with Gasteiger partial charge in [-0.1, -0.05) is 13.8 Å². The molecule has 1 rings (SSSR count). The Labute approximate surface area is 90.9 Å². The quantitative estimate of drug-likeness (QED) is 0.755. The van der Waals surface area contributed by atoms with Gasteiger partial charge in [-0.3, -0.25) is 0 Å². The molecular weight excluding hydrogens is 191 g/mol. The standard InChI is InChI=1S/C12H19FN2/c1-3-15(4-2)8-7-10-9-11(13)5-6-12(10)14/h5-6,9H,3-4,7-8,14H2,1-2H3. The minimum absolute atomic E-state index is 0.209. The van der Waals surface area contributed by atoms with E-state index >= 15 is 0 Å². The first-order chi connectivity index (χ1) is 7.17. The van der Waals surface area contributed by atoms with E-state index in [1.54, 1.807) is 6.07 Å². The van der Waals surface area contributed by atoms with Gasteiger partial charge in [0.2, 0.25) is 0 Å². The van der Waals surface area contributed by atoms with Crippen molar-refractivity contribution in [2.45, 2.75) is 20.3 Å². The van der Waals surface area contributed by atoms with E-state index in [0.29, 0.717) is 5.69 Å². The maximum absolute atomic E-state index is 13.0. The molecule has 0 aliphatic rings. The fourth-order valence-electron chi connectivity index (χ4n) is 1.61. The van der Waals surface area contributed by atoms with Gasteiger partial charge in [-0.05, 0) is 43.3 Å². The highest BCUT2D eigenvalue weighted by molar-refractivity contribution is 5.46. The van der Waals surface area contributed by atoms with Crippen molar-refractivity contribution in [3.05, 3.63) is 29.6 Å². The molecule has 0 fully saturated rings. The van der Waals surface area contributed by atoms with Crippen LogP contribution in [-0.4, -0.2) is 24.5 Å². The molecule has 2 nitrogen and oxygen atoms in total. The summed E-state index contributed by atoms with van der Waals surface area (Å²) in [7, 11) is 0. The highest BCUT2D eigenvalue weighted by atomic mass is 19.1. The van der Waals surface area contributed by atoms with Crippen molar-refractivity contribution < 1.29 is 4.39 Å². The van der Waals surface area contributed by atoms with E-state index < -0.39 is 0 Å². The van der Waals surface area contributed by atoms with Crippen LogP contribution >= 0.6 is 0 Å². The molecule has 0 aliphatic heterocycles. The van der Waals surface area contributed by atoms with Crippen LogP contribution in [0.15, 0.2) is 18.2 Å². The zero-order valence-electron chi connectivity index (χ0n) is 9.46. The Morgan fingerprint density at radius 1 is 1.27 bits per heavy atom. The van der Waals surface area contributed by atoms with Crippen LogP contribution in [0.2, 0.25) is 0 Å². The van der Waals surface area contributed by atoms with E-state index in [2.05, 4.69) is 18.7 Å². The summed E-state index contributed by atoms with van der Waals surface area (Å²) < 4.78 is 13.0. The summed E-state index contributed by atoms with van der Waals surface area (Å²) in [4.78, 5) is 2.30. The van der Waals surface area contributed by atoms with E-state index in [9.17, 15) is 4.39 Å². The molecule has 0 spiro atoms. The summed E-state index contributed by atoms with van der Waals surface area (Å²) in [5, 5.41) is 0. The molecular formula is C12H19FN2. The third-order valence-corrected chi connectivity index (χ3v) is 2.70. The lowest BCUT2D eigenvalue weighted by Gasteiger charge is -2.18. The topological polar surface area (TPSA) is 29.3 Å². The second-order valence-electron chi connectivity index (χ2n) is 3.62. The van der Waals surface area contributed by atoms with Crippen molar-refractivity contribution in [2.24, 2.45) is 0 Å². The third-order valence-electron chi connectivity index (χ3n) is 2.70. The van der Waals surface area contributed by atoms with Crippen molar-refractivity contribution in [3.8, 4) is 0 Å². The predicted molar refractivity (Wildman–Crippen MR) is 62.3 cm³/mol. The molecule has 0 unspecified atom stereocenters. The van der Waals surface area contributed by atoms with Crippen molar-refractivity contribution >= 4 is 5.69 Å². The number of hydrogen-bond donors (Lipinski definition) is 1. The van der Waals surface area contributed by atoms with Crippen LogP contribution in [0.3, 0.4) is 0 Å². The molecule has 0 saturated carbocycles. The van der Waals surface area contributed by atoms with Crippen LogP contribution in [0.25, 0.3) is 0 Å². The second kappa shape index (κ2) is 5.71. The summed E-state index contributed by atoms with van der Waals surface area (Å²) in [6, 6.07) is 4.56. The molecule has 0 radical (unpaired) electrons. The fraction of sp³-hybridized carbons (Fsp3) is 0.500. The van der Waals surface area contributed by atoms with Crippen LogP contribution < -0.4 is 5.73 Å². The number of hydrogen-bond acceptors (Lipinski definition) is 2. The van der Waals surface area contributed by atoms with E-state index in [4.69, 9.17) is 5.73 Å². The number of nitrogens with two attached hydrogens (primary N) is 1. The van der Waals surface area contributed by atoms with Crippen LogP contribution in [0.1, 0.15) is 19.4 Å². The molecule has 0 saturated heterocycles. The summed E-state index contributed by atoms with van der Waals surface area (Å²) in [5.74, 6) is -0.209. The summed E-state index contributed by atoms with van der Waals surface area (Å²) in [6.45, 7) is 7.22. The number of halogens is 1. The molecule has 0 aromatic heterocycles. The maximum Gasteiger partial charge on any atom is 0.123 e. The lowest BCUT2D eigenvalue weighted by Crippen LogP contribution is -2.25. The Morgan fingerprint density at radius 3 is 2.53 bits per heavy atom. The average Bonchev–Trinajstić information content (AvgIpc) is 2.24. The molecule has 1 aromatic rings. The highest BCUT2D eigenvalue weighted by Gasteiger charge is 2.04. The molecule has 0 heterocycles. The number of benzene rings is 1. The highest BCUT2D eigenvalue weighted by Crippen LogP contribution is 2.14. The zero-order valence-corrected chi connectivity index (χ0v) is 9.46. The monoisotopic (exact) mass is 210 g/mol. The van der Waals surface area contributed by atoms with Crippen LogP contribution in [-0.2, 0) is 6.42 Å². The van der Waals surface area contributed by atoms with E-state index in [0.717, 1.165) is 31.6 Å². The van der Waals surface area contributed by atoms with Crippen LogP contribution in [0, 0.1) is 5.82 Å². The minimum Gasteiger partial charge on any atom is -0.399 e. The van der Waals surface area contributed by atoms with Gasteiger partial charge in [-0.15, -0.1) is 0 Å². The van der Waals surface area contributed by atoms with Crippen molar-refractivity contribution in [3.63, 3.8) is 0 Å². The average molecular weight is 210 g/mol. The summed E-state index contributed by atoms with van der Waals surface area (Å²) in [6.07, 6.45) is 0.811. The van der Waals surface area contributed by atoms with Crippen molar-refractivity contribution in [2.75, 3.05) is 25.4 Å². The minimum atomic E-state index is -0.209. The fourth-order valence-corrected chi connectivity index (χ4v) is 1.61. The first-order valence-corrected chi connectivity index (χ1v) is 5.43. The van der Waals surface area contributed by atoms with Gasteiger partial charge in [0.05, 0.1) is 0 Å². The predicted octanol–water partition coefficient (Wildman–Crippen LogP) is 2.29. The number of nitrogens with zero attached hydrogens (tertiary/aromatic N) is 1. The Bertz CT molecular complexity index is 308. The molecule has 0 atom stereocenters. The van der Waals surface area contributed by atoms with Gasteiger partial charge in [-0.2, -0.15) is 0 Å². The molecule has 0 aliphatic carbocycles. The molecule has 0 amide bonds. The van der Waals surface area contributed by atoms with E-state index in [-0.39, 0.29) is 5.82 Å². The van der Waals surface area contributed by atoms with Gasteiger partial charge < -0.3 is 10.6 Å². The lowest BCUT2D eigenvalue weighted by atomic mass is 10.1. The Balaban J connectivity index is 2.60. The molecule has 1 aromatic carbocycles. The molecule has 0 bridgehead atoms. The molecule has 2 N–H and O–H groups in total. The number of nitrogen functional groups attached to an aromatic ring is 1. The van der Waals surface area contributed by atoms with Crippen molar-refractivity contribution in [1.82, 2.24) is 4.90 Å². The lowest BCUT2D eigenvalue weighted by molar-refractivity contribution is 0.308. The Morgan fingerprint density at radius 2 is 1.93 bits per heavy atom. The first-order valence-electron chi connectivity index (χ1n) is 5.43. The number of anilines is 1. The normalized spacial score (nSPS) is 10.9. The third kappa shape index (κ3) is 3.51. The van der Waals surface area contributed by atoms with Crippen molar-refractivity contribution in [1.29, 1.82) is 0 Å². The first kappa shape index (κ1) is 12.0. The summed E-state index contributed by atoms with van der Waals surface area (Å²) in [5.41, 5.74) is 7.36. The van der Waals surface area contributed by atoms with Gasteiger partial charge in [0.15, 0.2) is 0 Å². The Hall–Kier alpha value is -1.09. The molecule has 3 heteroatoms. The largest absolute Gasteiger partial charge is 0.399 e. The summed E-state index contributed by atoms with van der Waals surface area (Å²) >= 11 is 0. The maximum atomic E-state index is 13.0. The van der Waals surface area contributed by atoms with Crippen LogP contribution in [0.4, 0.5) is 10.1 Å².